The molecule has 20 heavy (non-hydrogen) atoms. The van der Waals surface area contributed by atoms with E-state index in [1.54, 1.807) is 6.07 Å². The van der Waals surface area contributed by atoms with Gasteiger partial charge in [-0.25, -0.2) is 0 Å². The third kappa shape index (κ3) is 2.71. The Morgan fingerprint density at radius 2 is 2.05 bits per heavy atom. The monoisotopic (exact) mass is 384 g/mol. The molecule has 2 aliphatic rings. The van der Waals surface area contributed by atoms with E-state index in [0.717, 1.165) is 16.9 Å². The largest absolute Gasteiger partial charge is 0.417 e. The first-order valence-corrected chi connectivity index (χ1v) is 6.78. The number of hydrogen-bond acceptors (Lipinski definition) is 3. The number of alkyl halides is 3. The van der Waals surface area contributed by atoms with E-state index in [1.165, 1.54) is 17.8 Å². The van der Waals surface area contributed by atoms with Gasteiger partial charge in [-0.1, -0.05) is 29.4 Å². The fourth-order valence-corrected chi connectivity index (χ4v) is 3.24. The molecule has 2 nitrogen and oxygen atoms in total. The van der Waals surface area contributed by atoms with Gasteiger partial charge in [0.1, 0.15) is 0 Å². The van der Waals surface area contributed by atoms with E-state index in [1.807, 2.05) is 10.3 Å². The summed E-state index contributed by atoms with van der Waals surface area (Å²) in [6, 6.07) is 3.98. The maximum atomic E-state index is 12.8. The Labute approximate surface area is 133 Å². The van der Waals surface area contributed by atoms with Crippen LogP contribution < -0.4 is 0 Å². The maximum Gasteiger partial charge on any atom is 0.417 e. The van der Waals surface area contributed by atoms with Crippen molar-refractivity contribution in [2.24, 2.45) is 4.99 Å². The molecule has 1 aromatic rings. The summed E-state index contributed by atoms with van der Waals surface area (Å²) in [7, 11) is 0. The minimum atomic E-state index is -4.44. The van der Waals surface area contributed by atoms with Gasteiger partial charge in [-0.2, -0.15) is 13.2 Å². The summed E-state index contributed by atoms with van der Waals surface area (Å²) in [5.41, 5.74) is 0.460. The van der Waals surface area contributed by atoms with Crippen molar-refractivity contribution in [3.05, 3.63) is 39.8 Å². The first-order chi connectivity index (χ1) is 8.97. The standard InChI is InChI=1S/C12H8ClF3N2S.BrH/c13-9-2-1-7(5-8(9)12(14,15)16)10-6-19-11-17-3-4-18(10)11;/h1-2,5-6H,3-4H2;1H. The summed E-state index contributed by atoms with van der Waals surface area (Å²) in [6.45, 7) is 1.39. The molecule has 2 heterocycles. The van der Waals surface area contributed by atoms with Gasteiger partial charge < -0.3 is 4.90 Å². The van der Waals surface area contributed by atoms with Crippen LogP contribution in [0.15, 0.2) is 28.6 Å². The summed E-state index contributed by atoms with van der Waals surface area (Å²) < 4.78 is 38.5. The number of halogens is 5. The Morgan fingerprint density at radius 3 is 2.75 bits per heavy atom. The number of benzene rings is 1. The molecule has 0 amide bonds. The van der Waals surface area contributed by atoms with Crippen molar-refractivity contribution >= 4 is 51.2 Å². The molecule has 0 radical (unpaired) electrons. The molecule has 0 unspecified atom stereocenters. The predicted molar refractivity (Wildman–Crippen MR) is 81.4 cm³/mol. The van der Waals surface area contributed by atoms with Gasteiger partial charge in [-0.15, -0.1) is 17.0 Å². The van der Waals surface area contributed by atoms with Crippen molar-refractivity contribution in [1.29, 1.82) is 0 Å². The van der Waals surface area contributed by atoms with Crippen molar-refractivity contribution in [2.45, 2.75) is 6.18 Å². The first-order valence-electron chi connectivity index (χ1n) is 5.53. The van der Waals surface area contributed by atoms with Crippen molar-refractivity contribution in [2.75, 3.05) is 13.1 Å². The molecule has 0 spiro atoms. The second-order valence-corrected chi connectivity index (χ2v) is 5.37. The van der Waals surface area contributed by atoms with Crippen LogP contribution in [0.1, 0.15) is 11.1 Å². The Morgan fingerprint density at radius 1 is 1.30 bits per heavy atom. The second kappa shape index (κ2) is 5.61. The van der Waals surface area contributed by atoms with E-state index in [2.05, 4.69) is 4.99 Å². The lowest BCUT2D eigenvalue weighted by Gasteiger charge is -2.18. The van der Waals surface area contributed by atoms with Gasteiger partial charge in [-0.05, 0) is 17.7 Å². The van der Waals surface area contributed by atoms with Gasteiger partial charge in [0.25, 0.3) is 0 Å². The molecule has 0 aliphatic carbocycles. The molecule has 0 saturated carbocycles. The number of amidine groups is 1. The third-order valence-corrected chi connectivity index (χ3v) is 4.17. The Bertz CT molecular complexity index is 601. The van der Waals surface area contributed by atoms with E-state index >= 15 is 0 Å². The third-order valence-electron chi connectivity index (χ3n) is 2.94. The van der Waals surface area contributed by atoms with Crippen molar-refractivity contribution in [1.82, 2.24) is 4.90 Å². The fraction of sp³-hybridized carbons (Fsp3) is 0.250. The predicted octanol–water partition coefficient (Wildman–Crippen LogP) is 4.65. The molecular weight excluding hydrogens is 377 g/mol. The average Bonchev–Trinajstić information content (AvgIpc) is 2.90. The van der Waals surface area contributed by atoms with Crippen LogP contribution in [0, 0.1) is 0 Å². The van der Waals surface area contributed by atoms with Crippen molar-refractivity contribution in [3.8, 4) is 0 Å². The minimum Gasteiger partial charge on any atom is -0.318 e. The maximum absolute atomic E-state index is 12.8. The quantitative estimate of drug-likeness (QED) is 0.699. The number of hydrogen-bond donors (Lipinski definition) is 0. The molecule has 108 valence electrons. The van der Waals surface area contributed by atoms with Crippen LogP contribution in [0.4, 0.5) is 13.2 Å². The van der Waals surface area contributed by atoms with E-state index in [4.69, 9.17) is 11.6 Å². The Balaban J connectivity index is 0.00000147. The van der Waals surface area contributed by atoms with Gasteiger partial charge >= 0.3 is 6.18 Å². The van der Waals surface area contributed by atoms with E-state index in [-0.39, 0.29) is 22.0 Å². The normalized spacial score (nSPS) is 17.5. The molecule has 8 heteroatoms. The van der Waals surface area contributed by atoms with E-state index in [9.17, 15) is 13.2 Å². The van der Waals surface area contributed by atoms with Crippen LogP contribution in [0.5, 0.6) is 0 Å². The van der Waals surface area contributed by atoms with Crippen LogP contribution in [-0.2, 0) is 6.18 Å². The summed E-state index contributed by atoms with van der Waals surface area (Å²) in [6.07, 6.45) is -4.44. The number of aliphatic imine (C=N–C) groups is 1. The number of thioether (sulfide) groups is 1. The molecule has 0 bridgehead atoms. The zero-order valence-electron chi connectivity index (χ0n) is 9.95. The Hall–Kier alpha value is -0.660. The highest BCUT2D eigenvalue weighted by Gasteiger charge is 2.35. The summed E-state index contributed by atoms with van der Waals surface area (Å²) in [4.78, 5) is 6.19. The highest BCUT2D eigenvalue weighted by atomic mass is 79.9. The lowest BCUT2D eigenvalue weighted by atomic mass is 10.1. The second-order valence-electron chi connectivity index (χ2n) is 4.13. The van der Waals surface area contributed by atoms with Crippen LogP contribution in [0.2, 0.25) is 5.02 Å². The van der Waals surface area contributed by atoms with E-state index < -0.39 is 11.7 Å². The fourth-order valence-electron chi connectivity index (χ4n) is 2.05. The smallest absolute Gasteiger partial charge is 0.318 e. The number of rotatable bonds is 1. The number of fused-ring (bicyclic) bond motifs is 1. The zero-order valence-corrected chi connectivity index (χ0v) is 13.2. The van der Waals surface area contributed by atoms with Crippen molar-refractivity contribution in [3.63, 3.8) is 0 Å². The van der Waals surface area contributed by atoms with Crippen LogP contribution in [-0.4, -0.2) is 23.2 Å². The van der Waals surface area contributed by atoms with Crippen LogP contribution in [0.25, 0.3) is 5.70 Å². The Kier molecular flexibility index (Phi) is 4.41. The van der Waals surface area contributed by atoms with Crippen LogP contribution in [0.3, 0.4) is 0 Å². The zero-order chi connectivity index (χ0) is 13.6. The summed E-state index contributed by atoms with van der Waals surface area (Å²) >= 11 is 7.05. The summed E-state index contributed by atoms with van der Waals surface area (Å²) in [5.74, 6) is 0. The van der Waals surface area contributed by atoms with Gasteiger partial charge in [0.15, 0.2) is 5.17 Å². The molecular formula is C12H9BrClF3N2S. The molecule has 0 saturated heterocycles. The molecule has 0 fully saturated rings. The van der Waals surface area contributed by atoms with Gasteiger partial charge in [0, 0.05) is 12.0 Å². The van der Waals surface area contributed by atoms with Crippen molar-refractivity contribution < 1.29 is 13.2 Å². The molecule has 0 atom stereocenters. The summed E-state index contributed by atoms with van der Waals surface area (Å²) in [5, 5.41) is 2.39. The topological polar surface area (TPSA) is 15.6 Å². The average molecular weight is 386 g/mol. The number of nitrogens with zero attached hydrogens (tertiary/aromatic N) is 2. The molecule has 3 rings (SSSR count). The highest BCUT2D eigenvalue weighted by Crippen LogP contribution is 2.40. The molecule has 0 N–H and O–H groups in total. The van der Waals surface area contributed by atoms with Gasteiger partial charge in [-0.3, -0.25) is 4.99 Å². The lowest BCUT2D eigenvalue weighted by molar-refractivity contribution is -0.137. The highest BCUT2D eigenvalue weighted by molar-refractivity contribution is 8.93. The minimum absolute atomic E-state index is 0. The van der Waals surface area contributed by atoms with E-state index in [0.29, 0.717) is 18.7 Å². The lowest BCUT2D eigenvalue weighted by Crippen LogP contribution is -2.20. The van der Waals surface area contributed by atoms with Gasteiger partial charge in [0.2, 0.25) is 0 Å². The molecule has 2 aliphatic heterocycles. The molecule has 1 aromatic carbocycles. The van der Waals surface area contributed by atoms with Gasteiger partial charge in [0.05, 0.1) is 22.8 Å². The first kappa shape index (κ1) is 15.7. The van der Waals surface area contributed by atoms with Crippen LogP contribution >= 0.6 is 40.3 Å². The SMILES string of the molecule is Br.FC(F)(F)c1cc(C2=CSC3=NCCN23)ccc1Cl. The molecule has 0 aromatic heterocycles.